The summed E-state index contributed by atoms with van der Waals surface area (Å²) in [7, 11) is 4.91. The Hall–Kier alpha value is -2.54. The summed E-state index contributed by atoms with van der Waals surface area (Å²) >= 11 is 7.35. The summed E-state index contributed by atoms with van der Waals surface area (Å²) in [5.74, 6) is 0. The van der Waals surface area contributed by atoms with Crippen LogP contribution in [0, 0.1) is 0 Å². The second-order valence-corrected chi connectivity index (χ2v) is 30.8. The Labute approximate surface area is 568 Å². The zero-order valence-electron chi connectivity index (χ0n) is 58.8. The van der Waals surface area contributed by atoms with Gasteiger partial charge in [0.05, 0.1) is 97.7 Å². The largest absolute Gasteiger partial charge is 0.494 e. The lowest BCUT2D eigenvalue weighted by Crippen LogP contribution is -2.41. The molecule has 0 amide bonds. The maximum Gasteiger partial charge on any atom is 0.494 e. The van der Waals surface area contributed by atoms with E-state index < -0.39 is 50.7 Å². The lowest BCUT2D eigenvalue weighted by Gasteiger charge is -2.33. The lowest BCUT2D eigenvalue weighted by molar-refractivity contribution is 0.00578. The summed E-state index contributed by atoms with van der Waals surface area (Å²) in [5, 5.41) is 0. The Balaban J connectivity index is 0.000000197. The molecule has 0 bridgehead atoms. The van der Waals surface area contributed by atoms with Gasteiger partial charge < -0.3 is 75.1 Å². The van der Waals surface area contributed by atoms with Gasteiger partial charge in [-0.05, 0) is 216 Å². The van der Waals surface area contributed by atoms with E-state index in [0.29, 0.717) is 79.3 Å². The molecule has 0 radical (unpaired) electrons. The Bertz CT molecular complexity index is 2830. The van der Waals surface area contributed by atoms with Crippen molar-refractivity contribution >= 4 is 71.0 Å². The van der Waals surface area contributed by atoms with Crippen LogP contribution in [-0.2, 0) is 86.0 Å². The van der Waals surface area contributed by atoms with Crippen molar-refractivity contribution < 1.29 is 75.1 Å². The Morgan fingerprint density at radius 1 is 0.293 bits per heavy atom. The van der Waals surface area contributed by atoms with Crippen LogP contribution in [0.5, 0.6) is 0 Å². The molecule has 4 aromatic rings. The number of methoxy groups -OCH3 is 4. The van der Waals surface area contributed by atoms with Crippen LogP contribution >= 0.6 is 31.9 Å². The molecule has 4 heterocycles. The number of hydrogen-bond acceptors (Lipinski definition) is 16. The molecule has 10 rings (SSSR count). The fourth-order valence-electron chi connectivity index (χ4n) is 12.5. The van der Waals surface area contributed by atoms with E-state index in [2.05, 4.69) is 160 Å². The summed E-state index contributed by atoms with van der Waals surface area (Å²) in [4.78, 5) is 0. The van der Waals surface area contributed by atoms with Crippen LogP contribution in [0.3, 0.4) is 0 Å². The zero-order chi connectivity index (χ0) is 67.4. The normalized spacial score (nSPS) is 21.3. The summed E-state index contributed by atoms with van der Waals surface area (Å²) in [5.41, 5.74) is 8.48. The van der Waals surface area contributed by atoms with Gasteiger partial charge >= 0.3 is 28.3 Å². The van der Waals surface area contributed by atoms with Gasteiger partial charge in [-0.15, -0.1) is 0 Å². The van der Waals surface area contributed by atoms with Crippen molar-refractivity contribution in [2.24, 2.45) is 0 Å². The molecule has 4 aromatic carbocycles. The Morgan fingerprint density at radius 3 is 0.772 bits per heavy atom. The standard InChI is InChI=1S/C35H52B2O8.C23H28Br2O4.C12H24B2O4/c1-31(2)32(3,4)43-36(42-31)25-11-13-27-28-14-12-26(37-44-33(5,6)34(7,8)45-37)24-30(28)35(29(27)23-25,15-17-40-21-19-38-9)16-18-41-22-20-39-10;1-26-11-13-28-9-7-23(8-10-29-14-12-27-2)21-15-17(24)3-5-19(21)20-6-4-18(25)16-22(20)23;1-9(2)10(3,4)16-13(15-9)14-17-11(5,6)12(7,8)18-14/h11-14,23-24H,15-22H2,1-10H3;3-6,15-16H,7-14H2,1-2H3;1-8H3. The van der Waals surface area contributed by atoms with E-state index in [-0.39, 0.29) is 33.2 Å². The van der Waals surface area contributed by atoms with Crippen molar-refractivity contribution in [1.29, 1.82) is 0 Å². The van der Waals surface area contributed by atoms with Gasteiger partial charge in [-0.25, -0.2) is 0 Å². The molecule has 4 fully saturated rings. The second kappa shape index (κ2) is 30.3. The summed E-state index contributed by atoms with van der Waals surface area (Å²) in [6.45, 7) is 40.0. The topological polar surface area (TPSA) is 148 Å². The van der Waals surface area contributed by atoms with Crippen LogP contribution in [0.2, 0.25) is 0 Å². The van der Waals surface area contributed by atoms with E-state index in [9.17, 15) is 0 Å². The number of halogens is 2. The van der Waals surface area contributed by atoms with Gasteiger partial charge in [0.15, 0.2) is 0 Å². The van der Waals surface area contributed by atoms with Crippen molar-refractivity contribution in [2.45, 2.75) is 192 Å². The average molecular weight is 1400 g/mol. The summed E-state index contributed by atoms with van der Waals surface area (Å²) in [6, 6.07) is 26.5. The molecular weight excluding hydrogens is 1300 g/mol. The summed E-state index contributed by atoms with van der Waals surface area (Å²) < 4.78 is 96.8. The van der Waals surface area contributed by atoms with E-state index in [1.54, 1.807) is 28.4 Å². The minimum absolute atomic E-state index is 0.154. The minimum atomic E-state index is -0.476. The van der Waals surface area contributed by atoms with E-state index in [1.807, 2.05) is 55.4 Å². The van der Waals surface area contributed by atoms with Gasteiger partial charge in [0.25, 0.3) is 0 Å². The highest BCUT2D eigenvalue weighted by Crippen LogP contribution is 2.55. The highest BCUT2D eigenvalue weighted by Gasteiger charge is 2.64. The van der Waals surface area contributed by atoms with E-state index in [0.717, 1.165) is 45.6 Å². The van der Waals surface area contributed by atoms with Crippen molar-refractivity contribution in [2.75, 3.05) is 108 Å². The van der Waals surface area contributed by atoms with Gasteiger partial charge in [-0.1, -0.05) is 80.4 Å². The monoisotopic (exact) mass is 1400 g/mol. The second-order valence-electron chi connectivity index (χ2n) is 29.0. The third-order valence-electron chi connectivity index (χ3n) is 20.9. The highest BCUT2D eigenvalue weighted by atomic mass is 79.9. The van der Waals surface area contributed by atoms with Gasteiger partial charge in [-0.3, -0.25) is 0 Å². The van der Waals surface area contributed by atoms with E-state index >= 15 is 0 Å². The van der Waals surface area contributed by atoms with Gasteiger partial charge in [0.1, 0.15) is 0 Å². The molecule has 0 spiro atoms. The minimum Gasteiger partial charge on any atom is -0.405 e. The number of hydrogen-bond donors (Lipinski definition) is 0. The predicted molar refractivity (Wildman–Crippen MR) is 374 cm³/mol. The fourth-order valence-corrected chi connectivity index (χ4v) is 13.2. The molecule has 0 saturated carbocycles. The van der Waals surface area contributed by atoms with Gasteiger partial charge in [-0.2, -0.15) is 0 Å². The number of rotatable bonds is 27. The van der Waals surface area contributed by atoms with Gasteiger partial charge in [0.2, 0.25) is 0 Å². The number of ether oxygens (including phenoxy) is 8. The molecule has 92 heavy (non-hydrogen) atoms. The molecule has 22 heteroatoms. The van der Waals surface area contributed by atoms with Crippen molar-refractivity contribution in [3.8, 4) is 22.3 Å². The Morgan fingerprint density at radius 2 is 0.522 bits per heavy atom. The lowest BCUT2D eigenvalue weighted by atomic mass is 9.49. The Kier molecular flexibility index (Phi) is 24.8. The van der Waals surface area contributed by atoms with Crippen LogP contribution in [0.15, 0.2) is 81.7 Å². The predicted octanol–water partition coefficient (Wildman–Crippen LogP) is 12.5. The molecule has 2 aliphatic carbocycles. The first-order valence-corrected chi connectivity index (χ1v) is 34.4. The van der Waals surface area contributed by atoms with Crippen LogP contribution < -0.4 is 10.9 Å². The maximum absolute atomic E-state index is 6.50. The van der Waals surface area contributed by atoms with Crippen molar-refractivity contribution in [1.82, 2.24) is 0 Å². The molecule has 16 nitrogen and oxygen atoms in total. The van der Waals surface area contributed by atoms with Crippen LogP contribution in [0.1, 0.15) is 159 Å². The molecular formula is C70H104B4Br2O16. The summed E-state index contributed by atoms with van der Waals surface area (Å²) in [6.07, 6.45) is 3.31. The molecule has 4 aliphatic heterocycles. The van der Waals surface area contributed by atoms with Gasteiger partial charge in [0, 0.05) is 74.6 Å². The van der Waals surface area contributed by atoms with E-state index in [4.69, 9.17) is 75.1 Å². The first kappa shape index (κ1) is 75.2. The maximum atomic E-state index is 6.50. The zero-order valence-corrected chi connectivity index (χ0v) is 62.0. The first-order chi connectivity index (χ1) is 43.2. The van der Waals surface area contributed by atoms with Crippen LogP contribution in [-0.4, -0.2) is 181 Å². The molecule has 0 unspecified atom stereocenters. The quantitative estimate of drug-likeness (QED) is 0.0411. The third kappa shape index (κ3) is 16.1. The van der Waals surface area contributed by atoms with Crippen LogP contribution in [0.25, 0.3) is 22.3 Å². The number of fused-ring (bicyclic) bond motifs is 6. The molecule has 4 saturated heterocycles. The molecule has 0 N–H and O–H groups in total. The smallest absolute Gasteiger partial charge is 0.405 e. The SMILES string of the molecule is CC1(C)OB(B2OC(C)(C)C(C)(C)O2)OC1(C)C.COCCOCCC1(CCOCCOC)c2cc(B3OC(C)(C)C(C)(C)O3)ccc2-c2ccc(B3OC(C)(C)C(C)(C)O3)cc21.COCCOCCC1(CCOCCOC)c2cc(Br)ccc2-c2ccc(Br)cc21. The number of benzene rings is 4. The highest BCUT2D eigenvalue weighted by molar-refractivity contribution is 9.10. The molecule has 0 aromatic heterocycles. The van der Waals surface area contributed by atoms with Crippen molar-refractivity contribution in [3.63, 3.8) is 0 Å². The third-order valence-corrected chi connectivity index (χ3v) is 21.9. The molecule has 0 atom stereocenters. The first-order valence-electron chi connectivity index (χ1n) is 32.8. The van der Waals surface area contributed by atoms with E-state index in [1.165, 1.54) is 44.5 Å². The fraction of sp³-hybridized carbons (Fsp3) is 0.657. The molecule has 506 valence electrons. The average Bonchev–Trinajstić information content (AvgIpc) is 1.56. The van der Waals surface area contributed by atoms with Crippen LogP contribution in [0.4, 0.5) is 0 Å². The van der Waals surface area contributed by atoms with Crippen molar-refractivity contribution in [3.05, 3.63) is 104 Å². The molecule has 6 aliphatic rings.